The van der Waals surface area contributed by atoms with Crippen LogP contribution in [0.15, 0.2) is 30.3 Å². The first kappa shape index (κ1) is 16.0. The number of nitrogens with one attached hydrogen (secondary N) is 1. The Hall–Kier alpha value is -1.06. The largest absolute Gasteiger partial charge is 0.491 e. The van der Waals surface area contributed by atoms with Gasteiger partial charge in [0, 0.05) is 12.0 Å². The minimum atomic E-state index is 0.169. The van der Waals surface area contributed by atoms with Crippen molar-refractivity contribution >= 4 is 0 Å². The molecule has 108 valence electrons. The summed E-state index contributed by atoms with van der Waals surface area (Å²) in [5.41, 5.74) is 0.169. The van der Waals surface area contributed by atoms with Gasteiger partial charge >= 0.3 is 0 Å². The van der Waals surface area contributed by atoms with Crippen LogP contribution in [0, 0.1) is 5.41 Å². The van der Waals surface area contributed by atoms with Gasteiger partial charge in [-0.1, -0.05) is 39.0 Å². The van der Waals surface area contributed by atoms with Crippen molar-refractivity contribution in [2.45, 2.75) is 27.2 Å². The molecular weight excluding hydrogens is 238 g/mol. The van der Waals surface area contributed by atoms with Crippen molar-refractivity contribution < 1.29 is 9.47 Å². The summed E-state index contributed by atoms with van der Waals surface area (Å²) in [5.74, 6) is 0.898. The van der Waals surface area contributed by atoms with Crippen LogP contribution in [0.5, 0.6) is 5.75 Å². The molecule has 0 fully saturated rings. The Labute approximate surface area is 117 Å². The van der Waals surface area contributed by atoms with Crippen LogP contribution in [0.4, 0.5) is 0 Å². The quantitative estimate of drug-likeness (QED) is 0.659. The van der Waals surface area contributed by atoms with Crippen LogP contribution < -0.4 is 10.1 Å². The Kier molecular flexibility index (Phi) is 7.53. The molecule has 0 heterocycles. The van der Waals surface area contributed by atoms with Gasteiger partial charge in [0.2, 0.25) is 0 Å². The lowest BCUT2D eigenvalue weighted by molar-refractivity contribution is 0.0442. The average molecular weight is 265 g/mol. The molecule has 3 heteroatoms. The van der Waals surface area contributed by atoms with Crippen LogP contribution in [-0.2, 0) is 4.74 Å². The van der Waals surface area contributed by atoms with Crippen molar-refractivity contribution in [3.05, 3.63) is 30.3 Å². The third-order valence-corrected chi connectivity index (χ3v) is 2.76. The highest BCUT2D eigenvalue weighted by atomic mass is 16.5. The Morgan fingerprint density at radius 2 is 1.84 bits per heavy atom. The third-order valence-electron chi connectivity index (χ3n) is 2.76. The molecule has 0 saturated carbocycles. The minimum absolute atomic E-state index is 0.169. The van der Waals surface area contributed by atoms with Crippen molar-refractivity contribution in [2.75, 3.05) is 32.9 Å². The molecule has 1 rings (SSSR count). The van der Waals surface area contributed by atoms with E-state index in [-0.39, 0.29) is 5.41 Å². The highest BCUT2D eigenvalue weighted by Gasteiger charge is 2.17. The molecule has 0 unspecified atom stereocenters. The summed E-state index contributed by atoms with van der Waals surface area (Å²) in [7, 11) is 0. The Morgan fingerprint density at radius 1 is 1.11 bits per heavy atom. The zero-order chi connectivity index (χ0) is 14.0. The maximum Gasteiger partial charge on any atom is 0.119 e. The first-order valence-corrected chi connectivity index (χ1v) is 7.10. The molecule has 0 spiro atoms. The predicted octanol–water partition coefficient (Wildman–Crippen LogP) is 3.11. The number of ether oxygens (including phenoxy) is 2. The fraction of sp³-hybridized carbons (Fsp3) is 0.625. The zero-order valence-electron chi connectivity index (χ0n) is 12.4. The molecule has 0 amide bonds. The van der Waals surface area contributed by atoms with Gasteiger partial charge in [0.25, 0.3) is 0 Å². The van der Waals surface area contributed by atoms with Crippen molar-refractivity contribution in [3.63, 3.8) is 0 Å². The van der Waals surface area contributed by atoms with Crippen LogP contribution in [0.1, 0.15) is 27.2 Å². The Bertz CT molecular complexity index is 325. The van der Waals surface area contributed by atoms with Gasteiger partial charge < -0.3 is 14.8 Å². The van der Waals surface area contributed by atoms with E-state index in [2.05, 4.69) is 26.1 Å². The minimum Gasteiger partial charge on any atom is -0.491 e. The van der Waals surface area contributed by atoms with Crippen molar-refractivity contribution in [2.24, 2.45) is 5.41 Å². The average Bonchev–Trinajstić information content (AvgIpc) is 2.39. The zero-order valence-corrected chi connectivity index (χ0v) is 12.4. The molecule has 1 aromatic rings. The summed E-state index contributed by atoms with van der Waals surface area (Å²) < 4.78 is 11.3. The highest BCUT2D eigenvalue weighted by molar-refractivity contribution is 5.20. The molecular formula is C16H27NO2. The molecule has 0 atom stereocenters. The van der Waals surface area contributed by atoms with Crippen LogP contribution >= 0.6 is 0 Å². The molecule has 0 bridgehead atoms. The van der Waals surface area contributed by atoms with Gasteiger partial charge in [-0.05, 0) is 25.1 Å². The fourth-order valence-electron chi connectivity index (χ4n) is 1.74. The number of hydrogen-bond acceptors (Lipinski definition) is 3. The molecule has 0 aliphatic rings. The third kappa shape index (κ3) is 7.85. The van der Waals surface area contributed by atoms with Crippen LogP contribution in [0.25, 0.3) is 0 Å². The summed E-state index contributed by atoms with van der Waals surface area (Å²) in [4.78, 5) is 0. The molecule has 0 radical (unpaired) electrons. The van der Waals surface area contributed by atoms with Gasteiger partial charge in [-0.3, -0.25) is 0 Å². The molecule has 0 saturated heterocycles. The number of benzene rings is 1. The monoisotopic (exact) mass is 265 g/mol. The normalized spacial score (nSPS) is 11.5. The maximum atomic E-state index is 5.69. The summed E-state index contributed by atoms with van der Waals surface area (Å²) in [6, 6.07) is 9.84. The van der Waals surface area contributed by atoms with Crippen LogP contribution in [0.2, 0.25) is 0 Å². The predicted molar refractivity (Wildman–Crippen MR) is 79.7 cm³/mol. The number of rotatable bonds is 10. The van der Waals surface area contributed by atoms with Gasteiger partial charge in [-0.25, -0.2) is 0 Å². The van der Waals surface area contributed by atoms with E-state index in [1.807, 2.05) is 30.3 Å². The maximum absolute atomic E-state index is 5.69. The molecule has 19 heavy (non-hydrogen) atoms. The van der Waals surface area contributed by atoms with Crippen LogP contribution in [0.3, 0.4) is 0 Å². The summed E-state index contributed by atoms with van der Waals surface area (Å²) in [6.07, 6.45) is 1.17. The van der Waals surface area contributed by atoms with E-state index in [0.717, 1.165) is 25.4 Å². The van der Waals surface area contributed by atoms with Gasteiger partial charge in [0.05, 0.1) is 13.2 Å². The van der Waals surface area contributed by atoms with Gasteiger partial charge in [-0.15, -0.1) is 0 Å². The lowest BCUT2D eigenvalue weighted by Gasteiger charge is -2.24. The standard InChI is InChI=1S/C16H27NO2/c1-4-10-17-13-16(2,3)14-18-11-12-19-15-8-6-5-7-9-15/h5-9,17H,4,10-14H2,1-3H3. The van der Waals surface area contributed by atoms with E-state index in [4.69, 9.17) is 9.47 Å². The van der Waals surface area contributed by atoms with Gasteiger partial charge in [-0.2, -0.15) is 0 Å². The molecule has 1 N–H and O–H groups in total. The Morgan fingerprint density at radius 3 is 2.53 bits per heavy atom. The second-order valence-electron chi connectivity index (χ2n) is 5.56. The highest BCUT2D eigenvalue weighted by Crippen LogP contribution is 2.14. The van der Waals surface area contributed by atoms with E-state index >= 15 is 0 Å². The Balaban J connectivity index is 2.06. The summed E-state index contributed by atoms with van der Waals surface area (Å²) >= 11 is 0. The van der Waals surface area contributed by atoms with E-state index < -0.39 is 0 Å². The van der Waals surface area contributed by atoms with E-state index in [9.17, 15) is 0 Å². The molecule has 0 aromatic heterocycles. The summed E-state index contributed by atoms with van der Waals surface area (Å²) in [5, 5.41) is 3.43. The lowest BCUT2D eigenvalue weighted by atomic mass is 9.95. The smallest absolute Gasteiger partial charge is 0.119 e. The van der Waals surface area contributed by atoms with Crippen LogP contribution in [-0.4, -0.2) is 32.9 Å². The van der Waals surface area contributed by atoms with Gasteiger partial charge in [0.1, 0.15) is 12.4 Å². The number of para-hydroxylation sites is 1. The SMILES string of the molecule is CCCNCC(C)(C)COCCOc1ccccc1. The fourth-order valence-corrected chi connectivity index (χ4v) is 1.74. The van der Waals surface area contributed by atoms with E-state index in [1.165, 1.54) is 6.42 Å². The van der Waals surface area contributed by atoms with Crippen molar-refractivity contribution in [1.82, 2.24) is 5.32 Å². The molecule has 0 aliphatic carbocycles. The second-order valence-corrected chi connectivity index (χ2v) is 5.56. The van der Waals surface area contributed by atoms with Gasteiger partial charge in [0.15, 0.2) is 0 Å². The molecule has 3 nitrogen and oxygen atoms in total. The summed E-state index contributed by atoms with van der Waals surface area (Å²) in [6.45, 7) is 10.6. The number of hydrogen-bond donors (Lipinski definition) is 1. The van der Waals surface area contributed by atoms with Crippen molar-refractivity contribution in [1.29, 1.82) is 0 Å². The molecule has 0 aliphatic heterocycles. The van der Waals surface area contributed by atoms with E-state index in [1.54, 1.807) is 0 Å². The second kappa shape index (κ2) is 8.94. The van der Waals surface area contributed by atoms with E-state index in [0.29, 0.717) is 13.2 Å². The topological polar surface area (TPSA) is 30.5 Å². The first-order chi connectivity index (χ1) is 9.14. The van der Waals surface area contributed by atoms with Crippen molar-refractivity contribution in [3.8, 4) is 5.75 Å². The molecule has 1 aromatic carbocycles. The first-order valence-electron chi connectivity index (χ1n) is 7.10. The lowest BCUT2D eigenvalue weighted by Crippen LogP contribution is -2.34.